The maximum atomic E-state index is 12.6. The van der Waals surface area contributed by atoms with E-state index in [4.69, 9.17) is 4.74 Å². The van der Waals surface area contributed by atoms with E-state index in [9.17, 15) is 9.59 Å². The molecular formula is C19H22N4O3. The van der Waals surface area contributed by atoms with Crippen LogP contribution in [0.15, 0.2) is 35.4 Å². The first-order chi connectivity index (χ1) is 12.6. The molecule has 0 atom stereocenters. The molecule has 2 aromatic rings. The van der Waals surface area contributed by atoms with E-state index in [0.29, 0.717) is 32.5 Å². The van der Waals surface area contributed by atoms with E-state index >= 15 is 0 Å². The van der Waals surface area contributed by atoms with Crippen LogP contribution < -0.4 is 5.56 Å². The number of piperidine rings is 1. The van der Waals surface area contributed by atoms with Crippen LogP contribution in [0.25, 0.3) is 0 Å². The molecule has 0 aromatic carbocycles. The van der Waals surface area contributed by atoms with Crippen molar-refractivity contribution in [3.63, 3.8) is 0 Å². The number of nitrogens with zero attached hydrogens (tertiary/aromatic N) is 4. The van der Waals surface area contributed by atoms with Gasteiger partial charge in [0.1, 0.15) is 18.0 Å². The molecule has 4 rings (SSSR count). The highest BCUT2D eigenvalue weighted by atomic mass is 16.5. The van der Waals surface area contributed by atoms with Crippen molar-refractivity contribution >= 4 is 5.91 Å². The van der Waals surface area contributed by atoms with Crippen molar-refractivity contribution in [2.75, 3.05) is 19.7 Å². The van der Waals surface area contributed by atoms with Crippen molar-refractivity contribution < 1.29 is 9.53 Å². The molecular weight excluding hydrogens is 332 g/mol. The first-order valence-electron chi connectivity index (χ1n) is 8.98. The van der Waals surface area contributed by atoms with Crippen molar-refractivity contribution in [3.8, 4) is 0 Å². The zero-order valence-electron chi connectivity index (χ0n) is 14.9. The van der Waals surface area contributed by atoms with Crippen LogP contribution in [0.5, 0.6) is 0 Å². The monoisotopic (exact) mass is 354 g/mol. The topological polar surface area (TPSA) is 77.3 Å². The van der Waals surface area contributed by atoms with Crippen LogP contribution in [0.2, 0.25) is 0 Å². The molecule has 136 valence electrons. The van der Waals surface area contributed by atoms with Gasteiger partial charge in [0.2, 0.25) is 5.91 Å². The molecule has 4 heterocycles. The minimum absolute atomic E-state index is 0.0388. The lowest BCUT2D eigenvalue weighted by Crippen LogP contribution is -2.49. The van der Waals surface area contributed by atoms with Crippen LogP contribution in [-0.4, -0.2) is 45.0 Å². The van der Waals surface area contributed by atoms with Gasteiger partial charge in [0.05, 0.1) is 12.3 Å². The van der Waals surface area contributed by atoms with Gasteiger partial charge in [-0.3, -0.25) is 9.59 Å². The molecule has 0 radical (unpaired) electrons. The lowest BCUT2D eigenvalue weighted by molar-refractivity contribution is -0.141. The fourth-order valence-corrected chi connectivity index (χ4v) is 3.83. The molecule has 2 aliphatic heterocycles. The van der Waals surface area contributed by atoms with Gasteiger partial charge in [-0.2, -0.15) is 0 Å². The van der Waals surface area contributed by atoms with Crippen molar-refractivity contribution in [2.45, 2.75) is 38.3 Å². The number of ether oxygens (including phenoxy) is 1. The molecule has 0 aliphatic carbocycles. The Bertz CT molecular complexity index is 884. The van der Waals surface area contributed by atoms with Crippen LogP contribution >= 0.6 is 0 Å². The summed E-state index contributed by atoms with van der Waals surface area (Å²) in [6, 6.07) is 4.90. The SMILES string of the molecule is Cc1ncc2c(n1)C1(CCN(C(=O)Cn3ccccc3=O)CC1)OCC2. The molecule has 0 bridgehead atoms. The summed E-state index contributed by atoms with van der Waals surface area (Å²) in [7, 11) is 0. The second-order valence-electron chi connectivity index (χ2n) is 6.93. The molecule has 2 aromatic heterocycles. The molecule has 1 saturated heterocycles. The zero-order valence-corrected chi connectivity index (χ0v) is 14.9. The average Bonchev–Trinajstić information content (AvgIpc) is 2.65. The fraction of sp³-hybridized carbons (Fsp3) is 0.474. The maximum absolute atomic E-state index is 12.6. The van der Waals surface area contributed by atoms with E-state index in [1.54, 1.807) is 18.3 Å². The summed E-state index contributed by atoms with van der Waals surface area (Å²) in [5.41, 5.74) is 1.56. The number of amides is 1. The smallest absolute Gasteiger partial charge is 0.250 e. The minimum atomic E-state index is -0.415. The number of carbonyl (C=O) groups excluding carboxylic acids is 1. The van der Waals surface area contributed by atoms with Crippen molar-refractivity contribution in [3.05, 3.63) is 58.0 Å². The number of carbonyl (C=O) groups is 1. The number of likely N-dealkylation sites (tertiary alicyclic amines) is 1. The summed E-state index contributed by atoms with van der Waals surface area (Å²) < 4.78 is 7.61. The van der Waals surface area contributed by atoms with Crippen LogP contribution in [0.4, 0.5) is 0 Å². The lowest BCUT2D eigenvalue weighted by atomic mass is 9.83. The van der Waals surface area contributed by atoms with E-state index in [1.165, 1.54) is 10.6 Å². The number of rotatable bonds is 2. The number of fused-ring (bicyclic) bond motifs is 2. The highest BCUT2D eigenvalue weighted by Crippen LogP contribution is 2.40. The van der Waals surface area contributed by atoms with Crippen LogP contribution in [0.1, 0.15) is 29.9 Å². The summed E-state index contributed by atoms with van der Waals surface area (Å²) in [5, 5.41) is 0. The van der Waals surface area contributed by atoms with Crippen LogP contribution in [-0.2, 0) is 28.1 Å². The third kappa shape index (κ3) is 3.03. The molecule has 26 heavy (non-hydrogen) atoms. The molecule has 1 fully saturated rings. The number of hydrogen-bond donors (Lipinski definition) is 0. The Balaban J connectivity index is 1.48. The van der Waals surface area contributed by atoms with E-state index in [0.717, 1.165) is 23.5 Å². The second kappa shape index (κ2) is 6.64. The van der Waals surface area contributed by atoms with Crippen LogP contribution in [0, 0.1) is 6.92 Å². The Morgan fingerprint density at radius 1 is 1.31 bits per heavy atom. The van der Waals surface area contributed by atoms with Gasteiger partial charge in [0, 0.05) is 31.5 Å². The normalized spacial score (nSPS) is 18.6. The van der Waals surface area contributed by atoms with Gasteiger partial charge in [-0.15, -0.1) is 0 Å². The quantitative estimate of drug-likeness (QED) is 0.805. The van der Waals surface area contributed by atoms with Gasteiger partial charge in [-0.1, -0.05) is 6.07 Å². The molecule has 0 saturated carbocycles. The van der Waals surface area contributed by atoms with Gasteiger partial charge < -0.3 is 14.2 Å². The summed E-state index contributed by atoms with van der Waals surface area (Å²) >= 11 is 0. The van der Waals surface area contributed by atoms with E-state index in [2.05, 4.69) is 9.97 Å². The van der Waals surface area contributed by atoms with Gasteiger partial charge in [0.25, 0.3) is 5.56 Å². The standard InChI is InChI=1S/C19H22N4O3/c1-14-20-12-15-5-11-26-19(18(15)21-14)6-9-22(10-7-19)17(25)13-23-8-3-2-4-16(23)24/h2-4,8,12H,5-7,9-11,13H2,1H3. The minimum Gasteiger partial charge on any atom is -0.368 e. The summed E-state index contributed by atoms with van der Waals surface area (Å²) in [5.74, 6) is 0.707. The number of aryl methyl sites for hydroxylation is 1. The average molecular weight is 354 g/mol. The third-order valence-electron chi connectivity index (χ3n) is 5.29. The van der Waals surface area contributed by atoms with Crippen molar-refractivity contribution in [2.24, 2.45) is 0 Å². The summed E-state index contributed by atoms with van der Waals surface area (Å²) in [6.45, 7) is 3.82. The van der Waals surface area contributed by atoms with Gasteiger partial charge in [-0.05, 0) is 37.8 Å². The Morgan fingerprint density at radius 3 is 2.88 bits per heavy atom. The highest BCUT2D eigenvalue weighted by Gasteiger charge is 2.43. The fourth-order valence-electron chi connectivity index (χ4n) is 3.83. The molecule has 0 N–H and O–H groups in total. The molecule has 0 unspecified atom stereocenters. The molecule has 7 nitrogen and oxygen atoms in total. The van der Waals surface area contributed by atoms with Crippen molar-refractivity contribution in [1.82, 2.24) is 19.4 Å². The van der Waals surface area contributed by atoms with E-state index in [-0.39, 0.29) is 18.0 Å². The predicted molar refractivity (Wildman–Crippen MR) is 94.6 cm³/mol. The molecule has 1 spiro atoms. The van der Waals surface area contributed by atoms with Crippen molar-refractivity contribution in [1.29, 1.82) is 0 Å². The third-order valence-corrected chi connectivity index (χ3v) is 5.29. The number of hydrogen-bond acceptors (Lipinski definition) is 5. The molecule has 2 aliphatic rings. The van der Waals surface area contributed by atoms with Crippen LogP contribution in [0.3, 0.4) is 0 Å². The Kier molecular flexibility index (Phi) is 4.32. The zero-order chi connectivity index (χ0) is 18.1. The van der Waals surface area contributed by atoms with E-state index < -0.39 is 5.60 Å². The van der Waals surface area contributed by atoms with Gasteiger partial charge in [0.15, 0.2) is 0 Å². The maximum Gasteiger partial charge on any atom is 0.250 e. The van der Waals surface area contributed by atoms with E-state index in [1.807, 2.05) is 18.0 Å². The number of pyridine rings is 1. The predicted octanol–water partition coefficient (Wildman–Crippen LogP) is 1.04. The molecule has 7 heteroatoms. The lowest BCUT2D eigenvalue weighted by Gasteiger charge is -2.44. The largest absolute Gasteiger partial charge is 0.368 e. The van der Waals surface area contributed by atoms with Gasteiger partial charge >= 0.3 is 0 Å². The Labute approximate surface area is 151 Å². The molecule has 1 amide bonds. The summed E-state index contributed by atoms with van der Waals surface area (Å²) in [4.78, 5) is 35.2. The second-order valence-corrected chi connectivity index (χ2v) is 6.93. The van der Waals surface area contributed by atoms with Gasteiger partial charge in [-0.25, -0.2) is 9.97 Å². The first-order valence-corrected chi connectivity index (χ1v) is 8.98. The Morgan fingerprint density at radius 2 is 2.12 bits per heavy atom. The Hall–Kier alpha value is -2.54. The first kappa shape index (κ1) is 16.9. The highest BCUT2D eigenvalue weighted by molar-refractivity contribution is 5.76. The number of aromatic nitrogens is 3. The summed E-state index contributed by atoms with van der Waals surface area (Å²) in [6.07, 6.45) is 5.81.